The van der Waals surface area contributed by atoms with Gasteiger partial charge in [-0.3, -0.25) is 0 Å². The molecule has 0 radical (unpaired) electrons. The SMILES string of the molecule is Oc1ccc(O)c2nc(-c3ccccc3)c(-c3ccccc3)nc12. The van der Waals surface area contributed by atoms with Crippen LogP contribution in [-0.4, -0.2) is 20.2 Å². The van der Waals surface area contributed by atoms with Gasteiger partial charge in [0.1, 0.15) is 22.5 Å². The van der Waals surface area contributed by atoms with Crippen LogP contribution in [0.25, 0.3) is 33.5 Å². The summed E-state index contributed by atoms with van der Waals surface area (Å²) in [6.07, 6.45) is 0. The lowest BCUT2D eigenvalue weighted by molar-refractivity contribution is 0.467. The van der Waals surface area contributed by atoms with E-state index in [1.54, 1.807) is 0 Å². The van der Waals surface area contributed by atoms with Crippen molar-refractivity contribution in [2.24, 2.45) is 0 Å². The molecule has 4 heteroatoms. The maximum atomic E-state index is 10.1. The Morgan fingerprint density at radius 1 is 0.500 bits per heavy atom. The van der Waals surface area contributed by atoms with Crippen molar-refractivity contribution < 1.29 is 10.2 Å². The van der Waals surface area contributed by atoms with Gasteiger partial charge < -0.3 is 10.2 Å². The van der Waals surface area contributed by atoms with E-state index < -0.39 is 0 Å². The van der Waals surface area contributed by atoms with Crippen LogP contribution < -0.4 is 0 Å². The molecular formula is C20H14N2O2. The topological polar surface area (TPSA) is 66.2 Å². The maximum Gasteiger partial charge on any atom is 0.143 e. The van der Waals surface area contributed by atoms with Crippen LogP contribution in [0.5, 0.6) is 11.5 Å². The zero-order valence-electron chi connectivity index (χ0n) is 12.7. The van der Waals surface area contributed by atoms with Gasteiger partial charge in [0.25, 0.3) is 0 Å². The van der Waals surface area contributed by atoms with Gasteiger partial charge in [-0.2, -0.15) is 0 Å². The van der Waals surface area contributed by atoms with E-state index in [4.69, 9.17) is 0 Å². The molecule has 0 aliphatic carbocycles. The van der Waals surface area contributed by atoms with Crippen molar-refractivity contribution in [1.82, 2.24) is 9.97 Å². The summed E-state index contributed by atoms with van der Waals surface area (Å²) in [5, 5.41) is 20.2. The lowest BCUT2D eigenvalue weighted by atomic mass is 10.0. The number of nitrogens with zero attached hydrogens (tertiary/aromatic N) is 2. The average molecular weight is 314 g/mol. The third kappa shape index (κ3) is 2.34. The molecule has 0 saturated carbocycles. The number of phenols is 2. The molecule has 0 amide bonds. The number of phenolic OH excluding ortho intramolecular Hbond substituents is 2. The van der Waals surface area contributed by atoms with Gasteiger partial charge in [0.2, 0.25) is 0 Å². The van der Waals surface area contributed by atoms with Gasteiger partial charge in [-0.25, -0.2) is 9.97 Å². The van der Waals surface area contributed by atoms with Crippen LogP contribution in [-0.2, 0) is 0 Å². The molecule has 4 rings (SSSR count). The Bertz CT molecular complexity index is 932. The molecule has 24 heavy (non-hydrogen) atoms. The fraction of sp³-hybridized carbons (Fsp3) is 0. The number of fused-ring (bicyclic) bond motifs is 1. The first-order valence-electron chi connectivity index (χ1n) is 7.57. The smallest absolute Gasteiger partial charge is 0.143 e. The average Bonchev–Trinajstić information content (AvgIpc) is 2.65. The molecule has 2 N–H and O–H groups in total. The summed E-state index contributed by atoms with van der Waals surface area (Å²) in [6.45, 7) is 0. The van der Waals surface area contributed by atoms with Crippen molar-refractivity contribution in [2.75, 3.05) is 0 Å². The standard InChI is InChI=1S/C20H14N2O2/c23-15-11-12-16(24)20-19(15)21-17(13-7-3-1-4-8-13)18(22-20)14-9-5-2-6-10-14/h1-12,23-24H. The molecule has 4 aromatic rings. The fourth-order valence-corrected chi connectivity index (χ4v) is 2.70. The summed E-state index contributed by atoms with van der Waals surface area (Å²) < 4.78 is 0. The number of hydrogen-bond acceptors (Lipinski definition) is 4. The molecule has 0 unspecified atom stereocenters. The lowest BCUT2D eigenvalue weighted by Gasteiger charge is -2.11. The van der Waals surface area contributed by atoms with E-state index >= 15 is 0 Å². The number of aromatic nitrogens is 2. The Morgan fingerprint density at radius 3 is 1.25 bits per heavy atom. The fourth-order valence-electron chi connectivity index (χ4n) is 2.70. The molecule has 1 heterocycles. The van der Waals surface area contributed by atoms with E-state index in [2.05, 4.69) is 9.97 Å². The molecule has 4 nitrogen and oxygen atoms in total. The summed E-state index contributed by atoms with van der Waals surface area (Å²) in [6, 6.07) is 22.2. The third-order valence-electron chi connectivity index (χ3n) is 3.87. The first-order valence-corrected chi connectivity index (χ1v) is 7.57. The molecule has 0 spiro atoms. The van der Waals surface area contributed by atoms with Crippen molar-refractivity contribution in [1.29, 1.82) is 0 Å². The number of aromatic hydroxyl groups is 2. The minimum Gasteiger partial charge on any atom is -0.506 e. The molecule has 1 aromatic heterocycles. The van der Waals surface area contributed by atoms with Crippen LogP contribution in [0.4, 0.5) is 0 Å². The molecular weight excluding hydrogens is 300 g/mol. The van der Waals surface area contributed by atoms with E-state index in [-0.39, 0.29) is 22.5 Å². The second-order valence-electron chi connectivity index (χ2n) is 5.45. The van der Waals surface area contributed by atoms with E-state index in [0.717, 1.165) is 11.1 Å². The van der Waals surface area contributed by atoms with Crippen LogP contribution in [0, 0.1) is 0 Å². The van der Waals surface area contributed by atoms with E-state index in [0.29, 0.717) is 11.4 Å². The van der Waals surface area contributed by atoms with Crippen LogP contribution in [0.1, 0.15) is 0 Å². The Labute approximate surface area is 138 Å². The van der Waals surface area contributed by atoms with Crippen molar-refractivity contribution in [3.8, 4) is 34.0 Å². The molecule has 0 saturated heterocycles. The molecule has 0 aliphatic rings. The van der Waals surface area contributed by atoms with Gasteiger partial charge in [-0.1, -0.05) is 60.7 Å². The van der Waals surface area contributed by atoms with Crippen molar-refractivity contribution in [3.63, 3.8) is 0 Å². The van der Waals surface area contributed by atoms with Crippen molar-refractivity contribution in [3.05, 3.63) is 72.8 Å². The zero-order valence-corrected chi connectivity index (χ0v) is 12.7. The number of hydrogen-bond donors (Lipinski definition) is 2. The highest BCUT2D eigenvalue weighted by molar-refractivity contribution is 5.92. The molecule has 3 aromatic carbocycles. The number of benzene rings is 3. The largest absolute Gasteiger partial charge is 0.506 e. The minimum atomic E-state index is -0.00732. The summed E-state index contributed by atoms with van der Waals surface area (Å²) in [5.41, 5.74) is 3.69. The van der Waals surface area contributed by atoms with Gasteiger partial charge in [-0.15, -0.1) is 0 Å². The quantitative estimate of drug-likeness (QED) is 0.539. The van der Waals surface area contributed by atoms with Gasteiger partial charge in [-0.05, 0) is 12.1 Å². The second-order valence-corrected chi connectivity index (χ2v) is 5.45. The van der Waals surface area contributed by atoms with Crippen LogP contribution in [0.2, 0.25) is 0 Å². The second kappa shape index (κ2) is 5.66. The summed E-state index contributed by atoms with van der Waals surface area (Å²) in [7, 11) is 0. The lowest BCUT2D eigenvalue weighted by Crippen LogP contribution is -1.96. The molecule has 0 bridgehead atoms. The molecule has 116 valence electrons. The highest BCUT2D eigenvalue weighted by Crippen LogP contribution is 2.36. The third-order valence-corrected chi connectivity index (χ3v) is 3.87. The zero-order chi connectivity index (χ0) is 16.5. The van der Waals surface area contributed by atoms with Gasteiger partial charge in [0.05, 0.1) is 11.4 Å². The van der Waals surface area contributed by atoms with Crippen molar-refractivity contribution >= 4 is 11.0 Å². The van der Waals surface area contributed by atoms with Gasteiger partial charge in [0.15, 0.2) is 0 Å². The molecule has 0 aliphatic heterocycles. The van der Waals surface area contributed by atoms with Gasteiger partial charge >= 0.3 is 0 Å². The Kier molecular flexibility index (Phi) is 3.35. The first-order chi connectivity index (χ1) is 11.7. The maximum absolute atomic E-state index is 10.1. The Balaban J connectivity index is 2.10. The predicted octanol–water partition coefficient (Wildman–Crippen LogP) is 4.38. The minimum absolute atomic E-state index is 0.00732. The molecule has 0 atom stereocenters. The van der Waals surface area contributed by atoms with E-state index in [9.17, 15) is 10.2 Å². The normalized spacial score (nSPS) is 10.8. The highest BCUT2D eigenvalue weighted by atomic mass is 16.3. The number of rotatable bonds is 2. The predicted molar refractivity (Wildman–Crippen MR) is 93.7 cm³/mol. The summed E-state index contributed by atoms with van der Waals surface area (Å²) in [5.74, 6) is -0.0146. The van der Waals surface area contributed by atoms with Gasteiger partial charge in [0, 0.05) is 11.1 Å². The highest BCUT2D eigenvalue weighted by Gasteiger charge is 2.16. The van der Waals surface area contributed by atoms with Crippen LogP contribution in [0.15, 0.2) is 72.8 Å². The van der Waals surface area contributed by atoms with Crippen LogP contribution in [0.3, 0.4) is 0 Å². The first kappa shape index (κ1) is 14.2. The monoisotopic (exact) mass is 314 g/mol. The van der Waals surface area contributed by atoms with E-state index in [1.165, 1.54) is 12.1 Å². The van der Waals surface area contributed by atoms with Crippen LogP contribution >= 0.6 is 0 Å². The Hall–Kier alpha value is -3.40. The van der Waals surface area contributed by atoms with E-state index in [1.807, 2.05) is 60.7 Å². The summed E-state index contributed by atoms with van der Waals surface area (Å²) in [4.78, 5) is 9.22. The molecule has 0 fully saturated rings. The summed E-state index contributed by atoms with van der Waals surface area (Å²) >= 11 is 0. The Morgan fingerprint density at radius 2 is 0.875 bits per heavy atom. The van der Waals surface area contributed by atoms with Crippen molar-refractivity contribution in [2.45, 2.75) is 0 Å².